The fraction of sp³-hybridized carbons (Fsp3) is 0.588. The number of nitrogens with one attached hydrogen (secondary N) is 1. The van der Waals surface area contributed by atoms with Gasteiger partial charge in [0.1, 0.15) is 0 Å². The van der Waals surface area contributed by atoms with Crippen LogP contribution in [0.15, 0.2) is 24.3 Å². The van der Waals surface area contributed by atoms with E-state index in [4.69, 9.17) is 11.6 Å². The number of benzene rings is 1. The molecule has 4 heteroatoms. The zero-order chi connectivity index (χ0) is 15.1. The predicted molar refractivity (Wildman–Crippen MR) is 87.4 cm³/mol. The summed E-state index contributed by atoms with van der Waals surface area (Å²) in [4.78, 5) is 14.5. The van der Waals surface area contributed by atoms with E-state index in [1.807, 2.05) is 12.1 Å². The molecule has 0 saturated carbocycles. The van der Waals surface area contributed by atoms with Crippen LogP contribution in [0.25, 0.3) is 0 Å². The average Bonchev–Trinajstić information content (AvgIpc) is 2.50. The number of likely N-dealkylation sites (tertiary alicyclic amines) is 1. The van der Waals surface area contributed by atoms with E-state index in [1.54, 1.807) is 0 Å². The fourth-order valence-corrected chi connectivity index (χ4v) is 2.92. The third-order valence-corrected chi connectivity index (χ3v) is 4.28. The summed E-state index contributed by atoms with van der Waals surface area (Å²) in [7, 11) is 0. The Kier molecular flexibility index (Phi) is 6.52. The Morgan fingerprint density at radius 1 is 1.38 bits per heavy atom. The number of hydrogen-bond donors (Lipinski definition) is 1. The number of hydrogen-bond acceptors (Lipinski definition) is 2. The lowest BCUT2D eigenvalue weighted by Crippen LogP contribution is -2.42. The van der Waals surface area contributed by atoms with E-state index in [0.717, 1.165) is 56.9 Å². The van der Waals surface area contributed by atoms with E-state index in [9.17, 15) is 4.79 Å². The summed E-state index contributed by atoms with van der Waals surface area (Å²) in [5.41, 5.74) is 1.26. The lowest BCUT2D eigenvalue weighted by Gasteiger charge is -2.32. The van der Waals surface area contributed by atoms with Crippen molar-refractivity contribution in [2.45, 2.75) is 39.2 Å². The minimum atomic E-state index is 0.142. The molecular formula is C17H25ClN2O. The zero-order valence-electron chi connectivity index (χ0n) is 12.8. The quantitative estimate of drug-likeness (QED) is 0.816. The lowest BCUT2D eigenvalue weighted by atomic mass is 9.96. The summed E-state index contributed by atoms with van der Waals surface area (Å²) >= 11 is 5.91. The van der Waals surface area contributed by atoms with Crippen LogP contribution < -0.4 is 5.32 Å². The number of carbonyl (C=O) groups excluding carboxylic acids is 1. The standard InChI is InChI=1S/C17H25ClN2O/c1-2-3-10-19-17(21)15-5-4-11-20(13-15)12-14-6-8-16(18)9-7-14/h6-9,15H,2-5,10-13H2,1H3,(H,19,21)/t15-/m1/s1. The summed E-state index contributed by atoms with van der Waals surface area (Å²) in [6.07, 6.45) is 4.29. The summed E-state index contributed by atoms with van der Waals surface area (Å²) in [6, 6.07) is 7.98. The molecule has 1 aromatic rings. The molecule has 116 valence electrons. The normalized spacial score (nSPS) is 19.4. The van der Waals surface area contributed by atoms with Crippen molar-refractivity contribution in [1.29, 1.82) is 0 Å². The Balaban J connectivity index is 1.82. The molecule has 1 saturated heterocycles. The number of halogens is 1. The molecule has 3 nitrogen and oxygen atoms in total. The average molecular weight is 309 g/mol. The van der Waals surface area contributed by atoms with Gasteiger partial charge in [0.25, 0.3) is 0 Å². The topological polar surface area (TPSA) is 32.3 Å². The Morgan fingerprint density at radius 2 is 2.14 bits per heavy atom. The highest BCUT2D eigenvalue weighted by Gasteiger charge is 2.25. The SMILES string of the molecule is CCCCNC(=O)[C@@H]1CCCN(Cc2ccc(Cl)cc2)C1. The van der Waals surface area contributed by atoms with Gasteiger partial charge in [0, 0.05) is 24.7 Å². The maximum atomic E-state index is 12.2. The van der Waals surface area contributed by atoms with Crippen LogP contribution in [-0.2, 0) is 11.3 Å². The molecule has 2 rings (SSSR count). The second kappa shape index (κ2) is 8.40. The van der Waals surface area contributed by atoms with Crippen LogP contribution in [0, 0.1) is 5.92 Å². The predicted octanol–water partition coefficient (Wildman–Crippen LogP) is 3.47. The van der Waals surface area contributed by atoms with Gasteiger partial charge in [-0.05, 0) is 43.5 Å². The summed E-state index contributed by atoms with van der Waals surface area (Å²) in [5.74, 6) is 0.368. The van der Waals surface area contributed by atoms with Crippen molar-refractivity contribution >= 4 is 17.5 Å². The second-order valence-electron chi connectivity index (χ2n) is 5.85. The Labute approximate surface area is 132 Å². The van der Waals surface area contributed by atoms with E-state index in [2.05, 4.69) is 29.3 Å². The number of carbonyl (C=O) groups is 1. The smallest absolute Gasteiger partial charge is 0.224 e. The first-order chi connectivity index (χ1) is 10.2. The molecular weight excluding hydrogens is 284 g/mol. The minimum absolute atomic E-state index is 0.142. The lowest BCUT2D eigenvalue weighted by molar-refractivity contribution is -0.126. The molecule has 1 N–H and O–H groups in total. The van der Waals surface area contributed by atoms with E-state index >= 15 is 0 Å². The van der Waals surface area contributed by atoms with E-state index in [0.29, 0.717) is 0 Å². The van der Waals surface area contributed by atoms with Crippen molar-refractivity contribution < 1.29 is 4.79 Å². The maximum Gasteiger partial charge on any atom is 0.224 e. The molecule has 1 aliphatic heterocycles. The summed E-state index contributed by atoms with van der Waals surface area (Å²) in [5, 5.41) is 3.83. The number of unbranched alkanes of at least 4 members (excludes halogenated alkanes) is 1. The molecule has 1 atom stereocenters. The largest absolute Gasteiger partial charge is 0.356 e. The van der Waals surface area contributed by atoms with Crippen LogP contribution in [0.3, 0.4) is 0 Å². The van der Waals surface area contributed by atoms with Crippen molar-refractivity contribution in [3.05, 3.63) is 34.9 Å². The first-order valence-electron chi connectivity index (χ1n) is 7.93. The van der Waals surface area contributed by atoms with Crippen LogP contribution in [-0.4, -0.2) is 30.4 Å². The third-order valence-electron chi connectivity index (χ3n) is 4.03. The Bertz CT molecular complexity index is 447. The summed E-state index contributed by atoms with van der Waals surface area (Å²) in [6.45, 7) is 5.78. The van der Waals surface area contributed by atoms with Crippen LogP contribution >= 0.6 is 11.6 Å². The molecule has 1 fully saturated rings. The van der Waals surface area contributed by atoms with Crippen LogP contribution in [0.2, 0.25) is 5.02 Å². The van der Waals surface area contributed by atoms with Gasteiger partial charge in [0.2, 0.25) is 5.91 Å². The van der Waals surface area contributed by atoms with Crippen molar-refractivity contribution in [2.75, 3.05) is 19.6 Å². The monoisotopic (exact) mass is 308 g/mol. The van der Waals surface area contributed by atoms with Gasteiger partial charge in [0.15, 0.2) is 0 Å². The maximum absolute atomic E-state index is 12.2. The molecule has 21 heavy (non-hydrogen) atoms. The van der Waals surface area contributed by atoms with Gasteiger partial charge < -0.3 is 5.32 Å². The zero-order valence-corrected chi connectivity index (χ0v) is 13.5. The molecule has 0 radical (unpaired) electrons. The number of nitrogens with zero attached hydrogens (tertiary/aromatic N) is 1. The third kappa shape index (κ3) is 5.33. The van der Waals surface area contributed by atoms with Gasteiger partial charge >= 0.3 is 0 Å². The molecule has 0 bridgehead atoms. The van der Waals surface area contributed by atoms with Gasteiger partial charge in [-0.15, -0.1) is 0 Å². The molecule has 0 aliphatic carbocycles. The van der Waals surface area contributed by atoms with Gasteiger partial charge in [0.05, 0.1) is 5.92 Å². The highest BCUT2D eigenvalue weighted by Crippen LogP contribution is 2.19. The molecule has 0 unspecified atom stereocenters. The van der Waals surface area contributed by atoms with E-state index in [-0.39, 0.29) is 11.8 Å². The van der Waals surface area contributed by atoms with E-state index in [1.165, 1.54) is 5.56 Å². The van der Waals surface area contributed by atoms with E-state index < -0.39 is 0 Å². The highest BCUT2D eigenvalue weighted by atomic mass is 35.5. The van der Waals surface area contributed by atoms with Crippen molar-refractivity contribution in [2.24, 2.45) is 5.92 Å². The fourth-order valence-electron chi connectivity index (χ4n) is 2.79. The molecule has 1 amide bonds. The minimum Gasteiger partial charge on any atom is -0.356 e. The number of rotatable bonds is 6. The van der Waals surface area contributed by atoms with Gasteiger partial charge in [-0.1, -0.05) is 37.1 Å². The van der Waals surface area contributed by atoms with Crippen LogP contribution in [0.5, 0.6) is 0 Å². The van der Waals surface area contributed by atoms with Gasteiger partial charge in [-0.25, -0.2) is 0 Å². The van der Waals surface area contributed by atoms with Gasteiger partial charge in [-0.3, -0.25) is 9.69 Å². The molecule has 0 spiro atoms. The second-order valence-corrected chi connectivity index (χ2v) is 6.28. The first-order valence-corrected chi connectivity index (χ1v) is 8.31. The number of amides is 1. The molecule has 0 aromatic heterocycles. The Morgan fingerprint density at radius 3 is 2.86 bits per heavy atom. The highest BCUT2D eigenvalue weighted by molar-refractivity contribution is 6.30. The van der Waals surface area contributed by atoms with Crippen molar-refractivity contribution in [1.82, 2.24) is 10.2 Å². The van der Waals surface area contributed by atoms with Crippen LogP contribution in [0.1, 0.15) is 38.2 Å². The first kappa shape index (κ1) is 16.3. The Hall–Kier alpha value is -1.06. The van der Waals surface area contributed by atoms with Gasteiger partial charge in [-0.2, -0.15) is 0 Å². The molecule has 1 heterocycles. The molecule has 1 aliphatic rings. The summed E-state index contributed by atoms with van der Waals surface area (Å²) < 4.78 is 0. The number of piperidine rings is 1. The molecule has 1 aromatic carbocycles. The van der Waals surface area contributed by atoms with Crippen molar-refractivity contribution in [3.8, 4) is 0 Å². The van der Waals surface area contributed by atoms with Crippen molar-refractivity contribution in [3.63, 3.8) is 0 Å². The van der Waals surface area contributed by atoms with Crippen LogP contribution in [0.4, 0.5) is 0 Å².